The van der Waals surface area contributed by atoms with Gasteiger partial charge < -0.3 is 15.4 Å². The summed E-state index contributed by atoms with van der Waals surface area (Å²) in [7, 11) is 0. The Hall–Kier alpha value is -2.22. The van der Waals surface area contributed by atoms with Crippen molar-refractivity contribution in [3.8, 4) is 5.75 Å². The average molecular weight is 426 g/mol. The van der Waals surface area contributed by atoms with E-state index in [2.05, 4.69) is 46.1 Å². The Morgan fingerprint density at radius 3 is 2.90 bits per heavy atom. The summed E-state index contributed by atoms with van der Waals surface area (Å²) < 4.78 is 15.7. The molecule has 2 aromatic rings. The van der Waals surface area contributed by atoms with Crippen LogP contribution in [-0.4, -0.2) is 40.4 Å². The van der Waals surface area contributed by atoms with E-state index >= 15 is 4.39 Å². The number of aromatic amines is 1. The van der Waals surface area contributed by atoms with Gasteiger partial charge in [0, 0.05) is 24.9 Å². The first-order valence-electron chi connectivity index (χ1n) is 11.5. The maximum atomic E-state index is 15.7. The highest BCUT2D eigenvalue weighted by Gasteiger charge is 2.48. The second-order valence-electron chi connectivity index (χ2n) is 9.22. The predicted molar refractivity (Wildman–Crippen MR) is 119 cm³/mol. The first-order chi connectivity index (χ1) is 15.1. The molecule has 31 heavy (non-hydrogen) atoms. The maximum absolute atomic E-state index is 15.7. The molecule has 6 unspecified atom stereocenters. The highest BCUT2D eigenvalue weighted by Crippen LogP contribution is 2.45. The summed E-state index contributed by atoms with van der Waals surface area (Å²) in [5.41, 5.74) is 11.0. The van der Waals surface area contributed by atoms with Gasteiger partial charge in [-0.3, -0.25) is 5.43 Å². The third kappa shape index (κ3) is 3.69. The number of aromatic nitrogens is 2. The molecule has 0 spiro atoms. The molecule has 1 aliphatic carbocycles. The number of rotatable bonds is 4. The molecule has 3 aliphatic rings. The van der Waals surface area contributed by atoms with E-state index in [1.165, 1.54) is 5.57 Å². The van der Waals surface area contributed by atoms with Crippen molar-refractivity contribution in [2.75, 3.05) is 13.1 Å². The molecule has 0 bridgehead atoms. The Labute approximate surface area is 182 Å². The fourth-order valence-electron chi connectivity index (χ4n) is 5.72. The minimum atomic E-state index is -0.993. The van der Waals surface area contributed by atoms with Gasteiger partial charge in [-0.05, 0) is 54.0 Å². The Morgan fingerprint density at radius 1 is 1.23 bits per heavy atom. The topological polar surface area (TPSA) is 85.0 Å². The van der Waals surface area contributed by atoms with Crippen LogP contribution in [0, 0.1) is 11.8 Å². The summed E-state index contributed by atoms with van der Waals surface area (Å²) in [5.74, 6) is 1.56. The number of hydrogen-bond donors (Lipinski definition) is 5. The minimum Gasteiger partial charge on any atom is -0.508 e. The summed E-state index contributed by atoms with van der Waals surface area (Å²) in [6, 6.07) is 5.07. The summed E-state index contributed by atoms with van der Waals surface area (Å²) in [6.45, 7) is 6.11. The van der Waals surface area contributed by atoms with Crippen LogP contribution < -0.4 is 16.2 Å². The highest BCUT2D eigenvalue weighted by atomic mass is 19.1. The molecule has 6 atom stereocenters. The van der Waals surface area contributed by atoms with Crippen LogP contribution in [0.1, 0.15) is 61.3 Å². The number of aromatic hydroxyl groups is 1. The van der Waals surface area contributed by atoms with Crippen molar-refractivity contribution in [1.82, 2.24) is 26.1 Å². The molecule has 166 valence electrons. The van der Waals surface area contributed by atoms with E-state index in [1.54, 1.807) is 12.1 Å². The molecule has 5 rings (SSSR count). The van der Waals surface area contributed by atoms with Gasteiger partial charge in [-0.1, -0.05) is 26.0 Å². The van der Waals surface area contributed by atoms with Gasteiger partial charge in [0.1, 0.15) is 17.7 Å². The van der Waals surface area contributed by atoms with Crippen molar-refractivity contribution in [3.05, 3.63) is 53.1 Å². The third-order valence-corrected chi connectivity index (χ3v) is 7.39. The second-order valence-corrected chi connectivity index (χ2v) is 9.22. The summed E-state index contributed by atoms with van der Waals surface area (Å²) >= 11 is 0. The quantitative estimate of drug-likeness (QED) is 0.519. The highest BCUT2D eigenvalue weighted by molar-refractivity contribution is 5.65. The van der Waals surface area contributed by atoms with Crippen LogP contribution in [0.5, 0.6) is 5.75 Å². The van der Waals surface area contributed by atoms with Gasteiger partial charge in [-0.15, -0.1) is 0 Å². The first kappa shape index (κ1) is 20.7. The van der Waals surface area contributed by atoms with Crippen LogP contribution in [0.15, 0.2) is 30.5 Å². The van der Waals surface area contributed by atoms with Crippen molar-refractivity contribution in [3.63, 3.8) is 0 Å². The Balaban J connectivity index is 1.34. The summed E-state index contributed by atoms with van der Waals surface area (Å²) in [6.07, 6.45) is 5.65. The lowest BCUT2D eigenvalue weighted by Gasteiger charge is -2.36. The monoisotopic (exact) mass is 425 g/mol. The van der Waals surface area contributed by atoms with Crippen LogP contribution in [0.25, 0.3) is 5.57 Å². The Kier molecular flexibility index (Phi) is 5.58. The number of halogens is 1. The number of hydrogen-bond acceptors (Lipinski definition) is 5. The zero-order valence-electron chi connectivity index (χ0n) is 18.2. The zero-order chi connectivity index (χ0) is 21.5. The summed E-state index contributed by atoms with van der Waals surface area (Å²) in [4.78, 5) is 8.18. The molecule has 1 aromatic heterocycles. The van der Waals surface area contributed by atoms with Crippen LogP contribution in [0.3, 0.4) is 0 Å². The molecule has 5 N–H and O–H groups in total. The van der Waals surface area contributed by atoms with Gasteiger partial charge in [0.15, 0.2) is 0 Å². The number of hydrazine groups is 1. The number of nitrogens with one attached hydrogen (secondary N) is 4. The van der Waals surface area contributed by atoms with Gasteiger partial charge in [0.25, 0.3) is 0 Å². The van der Waals surface area contributed by atoms with Crippen LogP contribution >= 0.6 is 0 Å². The Morgan fingerprint density at radius 2 is 2.10 bits per heavy atom. The number of phenols is 1. The standard InChI is InChI=1S/C24H32FN5O/c1-3-14-10-15(31)4-5-17(14)18-6-7-19-22(21(18)25)29-30-23(19)24-27-12-20(28-24)16-8-9-26-11-13(16)2/h4-5,8,10,12-13,18-19,21-23,26,29-31H,3,6-7,9,11H2,1-2H3,(H,27,28). The van der Waals surface area contributed by atoms with Gasteiger partial charge in [-0.2, -0.15) is 0 Å². The third-order valence-electron chi connectivity index (χ3n) is 7.39. The molecule has 6 nitrogen and oxygen atoms in total. The van der Waals surface area contributed by atoms with E-state index in [0.717, 1.165) is 55.0 Å². The van der Waals surface area contributed by atoms with Gasteiger partial charge in [-0.25, -0.2) is 14.8 Å². The van der Waals surface area contributed by atoms with E-state index in [4.69, 9.17) is 0 Å². The number of imidazole rings is 1. The molecule has 2 aliphatic heterocycles. The minimum absolute atomic E-state index is 0.0268. The molecular formula is C24H32FN5O. The average Bonchev–Trinajstić information content (AvgIpc) is 3.42. The maximum Gasteiger partial charge on any atom is 0.125 e. The molecular weight excluding hydrogens is 393 g/mol. The molecule has 0 radical (unpaired) electrons. The fourth-order valence-corrected chi connectivity index (χ4v) is 5.72. The van der Waals surface area contributed by atoms with Gasteiger partial charge in [0.05, 0.1) is 24.0 Å². The van der Waals surface area contributed by atoms with Crippen molar-refractivity contribution in [2.24, 2.45) is 11.8 Å². The second kappa shape index (κ2) is 8.37. The SMILES string of the molecule is CCc1cc(O)ccc1C1CCC2C(c3ncc(C4=CCNCC4C)[nH]3)NNC2C1F. The lowest BCUT2D eigenvalue weighted by molar-refractivity contribution is 0.135. The van der Waals surface area contributed by atoms with Gasteiger partial charge >= 0.3 is 0 Å². The number of H-pyrrole nitrogens is 1. The number of benzene rings is 1. The largest absolute Gasteiger partial charge is 0.508 e. The van der Waals surface area contributed by atoms with E-state index in [-0.39, 0.29) is 29.7 Å². The molecule has 2 fully saturated rings. The normalized spacial score (nSPS) is 33.2. The van der Waals surface area contributed by atoms with E-state index in [1.807, 2.05) is 12.3 Å². The smallest absolute Gasteiger partial charge is 0.125 e. The summed E-state index contributed by atoms with van der Waals surface area (Å²) in [5, 5.41) is 13.2. The number of alkyl halides is 1. The molecule has 0 amide bonds. The molecule has 7 heteroatoms. The van der Waals surface area contributed by atoms with Crippen LogP contribution in [0.4, 0.5) is 4.39 Å². The Bertz CT molecular complexity index is 973. The van der Waals surface area contributed by atoms with Crippen molar-refractivity contribution >= 4 is 5.57 Å². The predicted octanol–water partition coefficient (Wildman–Crippen LogP) is 3.35. The zero-order valence-corrected chi connectivity index (χ0v) is 18.2. The van der Waals surface area contributed by atoms with E-state index in [9.17, 15) is 5.11 Å². The fraction of sp³-hybridized carbons (Fsp3) is 0.542. The molecule has 1 saturated heterocycles. The molecule has 1 saturated carbocycles. The van der Waals surface area contributed by atoms with E-state index < -0.39 is 6.17 Å². The lowest BCUT2D eigenvalue weighted by Crippen LogP contribution is -2.45. The van der Waals surface area contributed by atoms with Crippen molar-refractivity contribution < 1.29 is 9.50 Å². The van der Waals surface area contributed by atoms with E-state index in [0.29, 0.717) is 5.92 Å². The lowest BCUT2D eigenvalue weighted by atomic mass is 9.71. The van der Waals surface area contributed by atoms with Gasteiger partial charge in [0.2, 0.25) is 0 Å². The van der Waals surface area contributed by atoms with Crippen LogP contribution in [0.2, 0.25) is 0 Å². The van der Waals surface area contributed by atoms with Crippen molar-refractivity contribution in [2.45, 2.75) is 57.3 Å². The molecule has 1 aromatic carbocycles. The number of aryl methyl sites for hydroxylation is 1. The number of nitrogens with zero attached hydrogens (tertiary/aromatic N) is 1. The number of phenolic OH excluding ortho intramolecular Hbond substituents is 1. The number of fused-ring (bicyclic) bond motifs is 1. The van der Waals surface area contributed by atoms with Crippen molar-refractivity contribution in [1.29, 1.82) is 0 Å². The van der Waals surface area contributed by atoms with Crippen LogP contribution in [-0.2, 0) is 6.42 Å². The first-order valence-corrected chi connectivity index (χ1v) is 11.5. The molecule has 3 heterocycles.